The van der Waals surface area contributed by atoms with E-state index in [1.165, 1.54) is 4.90 Å². The highest BCUT2D eigenvalue weighted by Crippen LogP contribution is 2.41. The Bertz CT molecular complexity index is 3500. The highest BCUT2D eigenvalue weighted by Gasteiger charge is 2.57. The van der Waals surface area contributed by atoms with Crippen molar-refractivity contribution < 1.29 is 117 Å². The van der Waals surface area contributed by atoms with Crippen LogP contribution >= 0.6 is 0 Å². The number of ether oxygens (including phenoxy) is 11. The maximum atomic E-state index is 15.5. The van der Waals surface area contributed by atoms with E-state index in [0.717, 1.165) is 0 Å². The van der Waals surface area contributed by atoms with Crippen LogP contribution in [0.3, 0.4) is 0 Å². The quantitative estimate of drug-likeness (QED) is 0.0253. The third kappa shape index (κ3) is 21.4. The van der Waals surface area contributed by atoms with Gasteiger partial charge in [-0.2, -0.15) is 0 Å². The monoisotopic (exact) mass is 1580 g/mol. The fourth-order valence-electron chi connectivity index (χ4n) is 15.4. The molecule has 36 atom stereocenters. The van der Waals surface area contributed by atoms with Gasteiger partial charge < -0.3 is 138 Å². The normalized spacial score (nSPS) is 40.7. The highest BCUT2D eigenvalue weighted by atomic mass is 19.1. The van der Waals surface area contributed by atoms with Crippen molar-refractivity contribution in [2.24, 2.45) is 71.8 Å². The number of azide groups is 5. The first kappa shape index (κ1) is 88.0. The Balaban J connectivity index is 0.000000287. The number of carbonyl (C=O) groups is 1. The Labute approximate surface area is 633 Å². The molecule has 0 spiro atoms. The molecule has 0 unspecified atom stereocenters. The molecule has 111 heavy (non-hydrogen) atoms. The fraction of sp³-hybridized carbons (Fsp3) is 0.800. The molecule has 44 nitrogen and oxygen atoms in total. The van der Waals surface area contributed by atoms with E-state index in [-0.39, 0.29) is 64.8 Å². The van der Waals surface area contributed by atoms with Crippen LogP contribution in [0.25, 0.3) is 52.2 Å². The molecule has 0 bridgehead atoms. The lowest BCUT2D eigenvalue weighted by molar-refractivity contribution is -0.291. The Morgan fingerprint density at radius 2 is 1.05 bits per heavy atom. The molecule has 10 rings (SSSR count). The summed E-state index contributed by atoms with van der Waals surface area (Å²) in [5.41, 5.74) is 84.6. The van der Waals surface area contributed by atoms with Crippen molar-refractivity contribution in [3.8, 4) is 0 Å². The number of benzene rings is 2. The van der Waals surface area contributed by atoms with E-state index >= 15 is 4.39 Å². The molecule has 4 aliphatic heterocycles. The summed E-state index contributed by atoms with van der Waals surface area (Å²) in [5.74, 6) is -1.40. The van der Waals surface area contributed by atoms with Gasteiger partial charge in [0.15, 0.2) is 25.2 Å². The summed E-state index contributed by atoms with van der Waals surface area (Å²) in [6, 6.07) is 6.98. The van der Waals surface area contributed by atoms with Crippen molar-refractivity contribution in [2.45, 2.75) is 272 Å². The Hall–Kier alpha value is -6.92. The molecule has 4 saturated heterocycles. The van der Waals surface area contributed by atoms with Crippen LogP contribution in [0.1, 0.15) is 62.5 Å². The third-order valence-electron chi connectivity index (χ3n) is 21.6. The SMILES string of the molecule is NC[C@@H]1C[C@H](O[C@H]2[C@@H](O)[C@H](O[C@@H]3[C@@H](O)[C@H](N)C[C@H](N)[C@H]3O[C@H]3O[C@H]([C@H](N)CF)CC[C@H]3N)O[C@@H]2CO)[C@H](N)[C@@H](O)[C@@H]1O.[N-]=[N+]=NC[C@@H]1C[C@H](O[C@H]2[C@@H](O)[C@H](O[C@@H]3[C@@H](O)[C@H](N=[N+]=[N-])C[C@H](N=[N+]=[N-])[C@H]3O[C@H]3O[C@H]([C@@H](CF)N(Cc4ccccc4)C(=O)OCc4ccccc4)CC[C@H]3N=[N+]=[N-])O[C@@H]2CO)[C@H](N=[N+]=[N-])[C@@H](O)[C@@H]1O. The van der Waals surface area contributed by atoms with E-state index < -0.39 is 252 Å². The second-order valence-corrected chi connectivity index (χ2v) is 28.7. The predicted molar refractivity (Wildman–Crippen MR) is 377 cm³/mol. The van der Waals surface area contributed by atoms with Gasteiger partial charge in [0.25, 0.3) is 0 Å². The van der Waals surface area contributed by atoms with Gasteiger partial charge >= 0.3 is 6.09 Å². The minimum Gasteiger partial charge on any atom is -0.445 e. The molecular formula is C65H100F2N22O22. The molecule has 2 aromatic rings. The number of aliphatic hydroxyl groups excluding tert-OH is 10. The first-order chi connectivity index (χ1) is 53.4. The first-order valence-electron chi connectivity index (χ1n) is 36.4. The lowest BCUT2D eigenvalue weighted by atomic mass is 9.79. The van der Waals surface area contributed by atoms with Crippen LogP contribution in [0.2, 0.25) is 0 Å². The molecule has 2 aromatic carbocycles. The van der Waals surface area contributed by atoms with Gasteiger partial charge in [0.1, 0.15) is 74.9 Å². The summed E-state index contributed by atoms with van der Waals surface area (Å²) in [5, 5.41) is 127. The van der Waals surface area contributed by atoms with Gasteiger partial charge in [0, 0.05) is 55.6 Å². The topological polar surface area (TPSA) is 724 Å². The number of rotatable bonds is 30. The summed E-state index contributed by atoms with van der Waals surface area (Å²) in [4.78, 5) is 29.1. The molecule has 0 aromatic heterocycles. The first-order valence-corrected chi connectivity index (χ1v) is 36.4. The lowest BCUT2D eigenvalue weighted by Gasteiger charge is -2.46. The maximum Gasteiger partial charge on any atom is 0.410 e. The van der Waals surface area contributed by atoms with E-state index in [1.54, 1.807) is 60.7 Å². The van der Waals surface area contributed by atoms with Crippen LogP contribution in [0.5, 0.6) is 0 Å². The van der Waals surface area contributed by atoms with Crippen molar-refractivity contribution in [3.63, 3.8) is 0 Å². The minimum atomic E-state index is -1.85. The zero-order chi connectivity index (χ0) is 80.3. The molecule has 8 aliphatic rings. The van der Waals surface area contributed by atoms with E-state index in [9.17, 15) is 82.4 Å². The number of carbonyl (C=O) groups excluding carboxylic acids is 1. The smallest absolute Gasteiger partial charge is 0.410 e. The zero-order valence-electron chi connectivity index (χ0n) is 60.1. The van der Waals surface area contributed by atoms with Crippen LogP contribution in [0.4, 0.5) is 13.6 Å². The summed E-state index contributed by atoms with van der Waals surface area (Å²) < 4.78 is 95.2. The van der Waals surface area contributed by atoms with Crippen LogP contribution in [-0.4, -0.2) is 309 Å². The molecule has 8 fully saturated rings. The second kappa shape index (κ2) is 41.9. The van der Waals surface area contributed by atoms with Gasteiger partial charge in [0.2, 0.25) is 0 Å². The van der Waals surface area contributed by atoms with Crippen molar-refractivity contribution in [2.75, 3.05) is 39.7 Å². The molecule has 4 aliphatic carbocycles. The number of amides is 1. The summed E-state index contributed by atoms with van der Waals surface area (Å²) >= 11 is 0. The Morgan fingerprint density at radius 3 is 1.64 bits per heavy atom. The van der Waals surface area contributed by atoms with Gasteiger partial charge in [-0.3, -0.25) is 4.90 Å². The van der Waals surface area contributed by atoms with Crippen LogP contribution in [-0.2, 0) is 65.3 Å². The number of halogens is 2. The van der Waals surface area contributed by atoms with E-state index in [2.05, 4.69) is 50.1 Å². The van der Waals surface area contributed by atoms with Crippen LogP contribution in [0, 0.1) is 11.8 Å². The van der Waals surface area contributed by atoms with Gasteiger partial charge in [-0.05, 0) is 103 Å². The number of hydrogen-bond acceptors (Lipinski definition) is 33. The van der Waals surface area contributed by atoms with Crippen molar-refractivity contribution in [3.05, 3.63) is 124 Å². The Kier molecular flexibility index (Phi) is 33.2. The van der Waals surface area contributed by atoms with Gasteiger partial charge in [-0.15, -0.1) is 0 Å². The van der Waals surface area contributed by atoms with Gasteiger partial charge in [-0.1, -0.05) is 86.2 Å². The molecule has 46 heteroatoms. The molecule has 22 N–H and O–H groups in total. The number of nitrogens with zero attached hydrogens (tertiary/aromatic N) is 16. The number of alkyl halides is 2. The maximum absolute atomic E-state index is 15.5. The van der Waals surface area contributed by atoms with Crippen molar-refractivity contribution >= 4 is 6.09 Å². The van der Waals surface area contributed by atoms with Crippen LogP contribution in [0.15, 0.2) is 86.2 Å². The van der Waals surface area contributed by atoms with E-state index in [0.29, 0.717) is 24.0 Å². The Morgan fingerprint density at radius 1 is 0.514 bits per heavy atom. The number of nitrogens with two attached hydrogens (primary N) is 6. The third-order valence-corrected chi connectivity index (χ3v) is 21.6. The number of hydrogen-bond donors (Lipinski definition) is 16. The van der Waals surface area contributed by atoms with E-state index in [4.69, 9.17) is 92.0 Å². The average Bonchev–Trinajstić information content (AvgIpc) is 1.74. The van der Waals surface area contributed by atoms with Gasteiger partial charge in [-0.25, -0.2) is 13.6 Å². The van der Waals surface area contributed by atoms with Crippen LogP contribution < -0.4 is 34.4 Å². The molecular weight excluding hydrogens is 1480 g/mol. The molecule has 0 radical (unpaired) electrons. The summed E-state index contributed by atoms with van der Waals surface area (Å²) in [6.45, 7) is -3.76. The average molecular weight is 1580 g/mol. The second-order valence-electron chi connectivity index (χ2n) is 28.7. The predicted octanol–water partition coefficient (Wildman–Crippen LogP) is -1.03. The molecule has 616 valence electrons. The molecule has 4 saturated carbocycles. The summed E-state index contributed by atoms with van der Waals surface area (Å²) in [7, 11) is 0. The highest BCUT2D eigenvalue weighted by molar-refractivity contribution is 5.68. The minimum absolute atomic E-state index is 0.0115. The molecule has 4 heterocycles. The fourth-order valence-corrected chi connectivity index (χ4v) is 15.4. The lowest BCUT2D eigenvalue weighted by Crippen LogP contribution is -2.65. The molecule has 1 amide bonds. The largest absolute Gasteiger partial charge is 0.445 e. The number of aliphatic hydroxyl groups is 10. The summed E-state index contributed by atoms with van der Waals surface area (Å²) in [6.07, 6.45) is -32.7. The van der Waals surface area contributed by atoms with E-state index in [1.807, 2.05) is 0 Å². The zero-order valence-corrected chi connectivity index (χ0v) is 60.1. The van der Waals surface area contributed by atoms with Crippen molar-refractivity contribution in [1.29, 1.82) is 0 Å². The van der Waals surface area contributed by atoms with Crippen molar-refractivity contribution in [1.82, 2.24) is 4.90 Å². The standard InChI is InChI=1S/C40H51FN16O12.C25H49FN6O10/c41-15-26(57(17-20-7-3-1-4-8-20)40(63)64-19-21-9-5-2-6-10-21)27-12-11-23(48-53-43)38(66-27)68-35-25(50-55-45)14-24(49-54-44)32(60)37(35)69-39-34(62)36(29(18-58)67-39)65-28-13-22(16-47-52-42)31(59)33(61)30(28)51-56-46;26-5-12(31)13-2-1-9(28)24(39-13)41-21-11(30)4-10(29)18(35)23(21)42-25-20(37)22(15(7-33)40-25)38-14-3-8(6-27)17(34)19(36)16(14)32/h1-10,22-39,58-62H,11-19H2;8-25,33-37H,1-7,27-32H2/t22-,23+,24+,25-,26+,27-,28-,29+,30-,31+,32-,33+,34+,35+,36+,37+,38+,39-;8-,9+,10+,11-,12+,13-,14-,15+,16-,17+,18-,19+,20+,21+,22+,23+,24+,25-/m00/s1. The van der Waals surface area contributed by atoms with Gasteiger partial charge in [0.05, 0.1) is 129 Å².